The van der Waals surface area contributed by atoms with Gasteiger partial charge in [0.05, 0.1) is 16.1 Å². The molecule has 2 aliphatic heterocycles. The molecule has 4 aromatic rings. The number of likely N-dealkylation sites (tertiary alicyclic amines) is 1. The van der Waals surface area contributed by atoms with Gasteiger partial charge in [-0.3, -0.25) is 0 Å². The lowest BCUT2D eigenvalue weighted by Gasteiger charge is -2.51. The van der Waals surface area contributed by atoms with Crippen LogP contribution in [0.5, 0.6) is 0 Å². The zero-order valence-electron chi connectivity index (χ0n) is 28.2. The molecule has 3 atom stereocenters. The highest BCUT2D eigenvalue weighted by Gasteiger charge is 2.53. The normalized spacial score (nSPS) is 21.9. The Hall–Kier alpha value is -4.15. The fourth-order valence-corrected chi connectivity index (χ4v) is 10.1. The number of amides is 1. The summed E-state index contributed by atoms with van der Waals surface area (Å²) in [5.41, 5.74) is 2.20. The molecule has 0 bridgehead atoms. The maximum atomic E-state index is 13.0. The monoisotopic (exact) mass is 681 g/mol. The molecule has 1 amide bonds. The van der Waals surface area contributed by atoms with Crippen molar-refractivity contribution in [2.24, 2.45) is 17.8 Å². The predicted octanol–water partition coefficient (Wildman–Crippen LogP) is 6.03. The fraction of sp³-hybridized carbons (Fsp3) is 0.436. The average molecular weight is 682 g/mol. The minimum absolute atomic E-state index is 0.129. The average Bonchev–Trinajstić information content (AvgIpc) is 3.82. The van der Waals surface area contributed by atoms with E-state index in [-0.39, 0.29) is 23.5 Å². The van der Waals surface area contributed by atoms with Crippen LogP contribution in [0, 0.1) is 17.8 Å². The maximum Gasteiger partial charge on any atom is 0.407 e. The number of sulfone groups is 1. The van der Waals surface area contributed by atoms with Gasteiger partial charge in [0.15, 0.2) is 0 Å². The molecule has 1 saturated carbocycles. The van der Waals surface area contributed by atoms with Crippen molar-refractivity contribution in [3.8, 4) is 0 Å². The quantitative estimate of drug-likeness (QED) is 0.207. The second-order valence-electron chi connectivity index (χ2n) is 14.0. The van der Waals surface area contributed by atoms with Crippen molar-refractivity contribution in [3.05, 3.63) is 109 Å². The van der Waals surface area contributed by atoms with Gasteiger partial charge in [-0.25, -0.2) is 18.2 Å². The highest BCUT2D eigenvalue weighted by atomic mass is 32.2. The van der Waals surface area contributed by atoms with Gasteiger partial charge < -0.3 is 24.4 Å². The molecule has 1 aromatic heterocycles. The van der Waals surface area contributed by atoms with Crippen molar-refractivity contribution in [3.63, 3.8) is 0 Å². The van der Waals surface area contributed by atoms with Crippen molar-refractivity contribution in [2.45, 2.75) is 60.0 Å². The molecule has 258 valence electrons. The van der Waals surface area contributed by atoms with Crippen LogP contribution < -0.4 is 10.2 Å². The number of aromatic nitrogens is 2. The summed E-state index contributed by atoms with van der Waals surface area (Å²) in [7, 11) is -1.88. The third-order valence-electron chi connectivity index (χ3n) is 11.2. The van der Waals surface area contributed by atoms with Crippen LogP contribution in [0.25, 0.3) is 0 Å². The Labute approximate surface area is 290 Å². The Morgan fingerprint density at radius 2 is 1.57 bits per heavy atom. The third kappa shape index (κ3) is 6.85. The highest BCUT2D eigenvalue weighted by Crippen LogP contribution is 2.52. The Morgan fingerprint density at radius 3 is 2.22 bits per heavy atom. The van der Waals surface area contributed by atoms with Crippen molar-refractivity contribution in [1.82, 2.24) is 19.8 Å². The molecule has 1 N–H and O–H groups in total. The number of piperidine rings is 1. The number of nitrogens with one attached hydrogen (secondary N) is 1. The Kier molecular flexibility index (Phi) is 9.78. The van der Waals surface area contributed by atoms with Gasteiger partial charge in [0.2, 0.25) is 9.84 Å². The summed E-state index contributed by atoms with van der Waals surface area (Å²) in [6, 6.07) is 26.9. The number of alkyl carbamates (subject to hydrolysis) is 1. The molecule has 0 spiro atoms. The van der Waals surface area contributed by atoms with Crippen molar-refractivity contribution >= 4 is 21.6 Å². The number of hydrogen-bond donors (Lipinski definition) is 1. The molecule has 10 heteroatoms. The van der Waals surface area contributed by atoms with E-state index >= 15 is 0 Å². The van der Waals surface area contributed by atoms with Crippen LogP contribution in [0.4, 0.5) is 10.5 Å². The zero-order valence-corrected chi connectivity index (χ0v) is 29.0. The minimum Gasteiger partial charge on any atom is -0.446 e. The first-order valence-corrected chi connectivity index (χ1v) is 19.1. The molecular weight excluding hydrogens is 635 g/mol. The number of hydrogen-bond acceptors (Lipinski definition) is 7. The first-order valence-electron chi connectivity index (χ1n) is 17.6. The van der Waals surface area contributed by atoms with Crippen LogP contribution in [0.1, 0.15) is 37.7 Å². The molecule has 1 aliphatic carbocycles. The van der Waals surface area contributed by atoms with Gasteiger partial charge in [-0.05, 0) is 93.1 Å². The molecule has 3 aliphatic rings. The maximum absolute atomic E-state index is 13.0. The molecular formula is C39H47N5O4S. The number of anilines is 1. The van der Waals surface area contributed by atoms with E-state index in [1.54, 1.807) is 43.4 Å². The van der Waals surface area contributed by atoms with E-state index in [0.717, 1.165) is 77.1 Å². The van der Waals surface area contributed by atoms with Crippen molar-refractivity contribution in [1.29, 1.82) is 0 Å². The van der Waals surface area contributed by atoms with E-state index in [1.165, 1.54) is 5.56 Å². The number of benzene rings is 3. The number of imidazole rings is 1. The second kappa shape index (κ2) is 14.4. The van der Waals surface area contributed by atoms with Gasteiger partial charge in [0.1, 0.15) is 6.10 Å². The number of ether oxygens (including phenoxy) is 1. The predicted molar refractivity (Wildman–Crippen MR) is 190 cm³/mol. The second-order valence-corrected chi connectivity index (χ2v) is 16.0. The van der Waals surface area contributed by atoms with Gasteiger partial charge in [0.25, 0.3) is 0 Å². The van der Waals surface area contributed by atoms with Gasteiger partial charge >= 0.3 is 6.09 Å². The topological polar surface area (TPSA) is 96.8 Å². The molecule has 0 radical (unpaired) electrons. The van der Waals surface area contributed by atoms with E-state index in [4.69, 9.17) is 4.74 Å². The molecule has 7 rings (SSSR count). The molecule has 9 nitrogen and oxygen atoms in total. The third-order valence-corrected chi connectivity index (χ3v) is 13.0. The SMILES string of the molecule is CNC(=O)OC1CCCC1C(Cn1ccnc1)(c1ccccc1)C1CCN(CC2CN(c3ccc(S(=O)(=O)c4ccccc4)cc3)C2)CC1. The molecule has 3 heterocycles. The van der Waals surface area contributed by atoms with Gasteiger partial charge in [-0.15, -0.1) is 0 Å². The molecule has 2 saturated heterocycles. The first-order chi connectivity index (χ1) is 23.9. The van der Waals surface area contributed by atoms with Crippen LogP contribution in [0.3, 0.4) is 0 Å². The summed E-state index contributed by atoms with van der Waals surface area (Å²) in [6.07, 6.45) is 10.5. The van der Waals surface area contributed by atoms with E-state index in [0.29, 0.717) is 21.6 Å². The molecule has 3 fully saturated rings. The number of nitrogens with zero attached hydrogens (tertiary/aromatic N) is 4. The van der Waals surface area contributed by atoms with Gasteiger partial charge in [-0.1, -0.05) is 48.5 Å². The lowest BCUT2D eigenvalue weighted by Crippen LogP contribution is -2.55. The van der Waals surface area contributed by atoms with Crippen LogP contribution in [0.2, 0.25) is 0 Å². The Balaban J connectivity index is 1.02. The lowest BCUT2D eigenvalue weighted by molar-refractivity contribution is 0.00203. The van der Waals surface area contributed by atoms with E-state index in [9.17, 15) is 13.2 Å². The van der Waals surface area contributed by atoms with E-state index in [1.807, 2.05) is 30.7 Å². The largest absolute Gasteiger partial charge is 0.446 e. The number of carbonyl (C=O) groups excluding carboxylic acids is 1. The van der Waals surface area contributed by atoms with Crippen LogP contribution >= 0.6 is 0 Å². The van der Waals surface area contributed by atoms with E-state index in [2.05, 4.69) is 61.2 Å². The summed E-state index contributed by atoms with van der Waals surface area (Å²) in [4.78, 5) is 22.5. The summed E-state index contributed by atoms with van der Waals surface area (Å²) in [6.45, 7) is 5.90. The number of rotatable bonds is 11. The summed E-state index contributed by atoms with van der Waals surface area (Å²) in [5.74, 6) is 1.21. The van der Waals surface area contributed by atoms with Gasteiger partial charge in [0, 0.05) is 68.6 Å². The Bertz CT molecular complexity index is 1770. The summed E-state index contributed by atoms with van der Waals surface area (Å²) >= 11 is 0. The van der Waals surface area contributed by atoms with Crippen molar-refractivity contribution < 1.29 is 17.9 Å². The zero-order chi connectivity index (χ0) is 33.8. The summed E-state index contributed by atoms with van der Waals surface area (Å²) < 4.78 is 34.3. The highest BCUT2D eigenvalue weighted by molar-refractivity contribution is 7.91. The smallest absolute Gasteiger partial charge is 0.407 e. The molecule has 3 unspecified atom stereocenters. The van der Waals surface area contributed by atoms with Crippen LogP contribution in [-0.4, -0.2) is 74.8 Å². The standard InChI is InChI=1S/C39H47N5O4S/c1-40-38(45)48-37-14-8-13-36(37)39(28-43-24-21-41-29-43,31-9-4-2-5-10-31)32-19-22-42(23-20-32)25-30-26-44(27-30)33-15-17-35(18-16-33)49(46,47)34-11-6-3-7-12-34/h2-7,9-12,15-18,21,24,29-30,32,36-37H,8,13-14,19-20,22-23,25-28H2,1H3,(H,40,45). The van der Waals surface area contributed by atoms with Crippen LogP contribution in [-0.2, 0) is 26.5 Å². The minimum atomic E-state index is -3.52. The first kappa shape index (κ1) is 33.4. The number of carbonyl (C=O) groups is 1. The van der Waals surface area contributed by atoms with E-state index < -0.39 is 9.84 Å². The Morgan fingerprint density at radius 1 is 0.898 bits per heavy atom. The van der Waals surface area contributed by atoms with Crippen LogP contribution in [0.15, 0.2) is 113 Å². The molecule has 3 aromatic carbocycles. The summed E-state index contributed by atoms with van der Waals surface area (Å²) in [5, 5.41) is 2.68. The fourth-order valence-electron chi connectivity index (χ4n) is 8.84. The van der Waals surface area contributed by atoms with Gasteiger partial charge in [-0.2, -0.15) is 0 Å². The molecule has 49 heavy (non-hydrogen) atoms. The van der Waals surface area contributed by atoms with Crippen molar-refractivity contribution in [2.75, 3.05) is 44.7 Å². The lowest BCUT2D eigenvalue weighted by atomic mass is 9.58.